The van der Waals surface area contributed by atoms with Crippen molar-refractivity contribution in [3.8, 4) is 5.82 Å². The van der Waals surface area contributed by atoms with Gasteiger partial charge in [0.15, 0.2) is 5.82 Å². The first kappa shape index (κ1) is 9.45. The first-order valence-electron chi connectivity index (χ1n) is 4.30. The lowest BCUT2D eigenvalue weighted by Crippen LogP contribution is -2.04. The molecular formula is C9H11BrN4. The molecule has 0 aliphatic carbocycles. The van der Waals surface area contributed by atoms with Gasteiger partial charge in [-0.2, -0.15) is 10.2 Å². The van der Waals surface area contributed by atoms with Crippen molar-refractivity contribution in [1.82, 2.24) is 19.6 Å². The lowest BCUT2D eigenvalue weighted by atomic mass is 10.3. The average molecular weight is 255 g/mol. The van der Waals surface area contributed by atoms with Crippen LogP contribution in [0.1, 0.15) is 11.3 Å². The minimum absolute atomic E-state index is 0.968. The van der Waals surface area contributed by atoms with Gasteiger partial charge in [0, 0.05) is 18.8 Å². The van der Waals surface area contributed by atoms with E-state index in [2.05, 4.69) is 26.1 Å². The van der Waals surface area contributed by atoms with Crippen LogP contribution in [0.5, 0.6) is 0 Å². The summed E-state index contributed by atoms with van der Waals surface area (Å²) in [4.78, 5) is 0. The highest BCUT2D eigenvalue weighted by molar-refractivity contribution is 9.10. The molecule has 0 saturated heterocycles. The van der Waals surface area contributed by atoms with Gasteiger partial charge in [-0.05, 0) is 29.8 Å². The van der Waals surface area contributed by atoms with E-state index in [9.17, 15) is 0 Å². The highest BCUT2D eigenvalue weighted by Gasteiger charge is 2.11. The fraction of sp³-hybridized carbons (Fsp3) is 0.333. The molecule has 0 fully saturated rings. The summed E-state index contributed by atoms with van der Waals surface area (Å²) in [6.45, 7) is 4.05. The molecule has 74 valence electrons. The summed E-state index contributed by atoms with van der Waals surface area (Å²) in [5.74, 6) is 1.01. The van der Waals surface area contributed by atoms with Crippen LogP contribution in [0.4, 0.5) is 0 Å². The molecule has 0 saturated carbocycles. The number of halogens is 1. The number of nitrogens with zero attached hydrogens (tertiary/aromatic N) is 4. The van der Waals surface area contributed by atoms with E-state index < -0.39 is 0 Å². The van der Waals surface area contributed by atoms with E-state index in [-0.39, 0.29) is 0 Å². The Labute approximate surface area is 90.7 Å². The van der Waals surface area contributed by atoms with E-state index in [4.69, 9.17) is 0 Å². The van der Waals surface area contributed by atoms with Crippen LogP contribution >= 0.6 is 15.9 Å². The Balaban J connectivity index is 2.61. The highest BCUT2D eigenvalue weighted by atomic mass is 79.9. The summed E-state index contributed by atoms with van der Waals surface area (Å²) in [6.07, 6.45) is 3.69. The fourth-order valence-corrected chi connectivity index (χ4v) is 1.77. The second-order valence-corrected chi connectivity index (χ2v) is 4.18. The summed E-state index contributed by atoms with van der Waals surface area (Å²) in [5.41, 5.74) is 2.19. The molecular weight excluding hydrogens is 244 g/mol. The standard InChI is InChI=1S/C9H11BrN4/c1-6-7(2)12-13(3)9(6)14-5-8(10)4-11-14/h4-5H,1-3H3. The Morgan fingerprint density at radius 3 is 2.50 bits per heavy atom. The van der Waals surface area contributed by atoms with Crippen molar-refractivity contribution >= 4 is 15.9 Å². The summed E-state index contributed by atoms with van der Waals surface area (Å²) in [7, 11) is 1.92. The van der Waals surface area contributed by atoms with Crippen molar-refractivity contribution in [2.45, 2.75) is 13.8 Å². The van der Waals surface area contributed by atoms with Crippen LogP contribution in [0.15, 0.2) is 16.9 Å². The maximum Gasteiger partial charge on any atom is 0.154 e. The smallest absolute Gasteiger partial charge is 0.154 e. The Morgan fingerprint density at radius 2 is 2.07 bits per heavy atom. The molecule has 5 heteroatoms. The molecule has 0 bridgehead atoms. The first-order chi connectivity index (χ1) is 6.59. The molecule has 2 aromatic rings. The van der Waals surface area contributed by atoms with E-state index in [1.165, 1.54) is 0 Å². The van der Waals surface area contributed by atoms with E-state index in [0.717, 1.165) is 21.5 Å². The summed E-state index contributed by atoms with van der Waals surface area (Å²) in [6, 6.07) is 0. The first-order valence-corrected chi connectivity index (χ1v) is 5.09. The van der Waals surface area contributed by atoms with Crippen LogP contribution in [-0.2, 0) is 7.05 Å². The zero-order valence-corrected chi connectivity index (χ0v) is 9.91. The van der Waals surface area contributed by atoms with Crippen molar-refractivity contribution in [3.05, 3.63) is 28.1 Å². The largest absolute Gasteiger partial charge is 0.250 e. The van der Waals surface area contributed by atoms with Gasteiger partial charge >= 0.3 is 0 Å². The zero-order valence-electron chi connectivity index (χ0n) is 8.32. The molecule has 0 N–H and O–H groups in total. The molecule has 0 amide bonds. The van der Waals surface area contributed by atoms with Gasteiger partial charge in [0.25, 0.3) is 0 Å². The van der Waals surface area contributed by atoms with Crippen molar-refractivity contribution in [2.75, 3.05) is 0 Å². The second kappa shape index (κ2) is 3.24. The summed E-state index contributed by atoms with van der Waals surface area (Å²) >= 11 is 3.37. The van der Waals surface area contributed by atoms with Crippen LogP contribution in [0.3, 0.4) is 0 Å². The zero-order chi connectivity index (χ0) is 10.3. The molecule has 4 nitrogen and oxygen atoms in total. The maximum absolute atomic E-state index is 4.34. The molecule has 0 aliphatic heterocycles. The second-order valence-electron chi connectivity index (χ2n) is 3.26. The lowest BCUT2D eigenvalue weighted by molar-refractivity contribution is 0.692. The van der Waals surface area contributed by atoms with Crippen LogP contribution < -0.4 is 0 Å². The van der Waals surface area contributed by atoms with Gasteiger partial charge in [-0.3, -0.25) is 4.68 Å². The quantitative estimate of drug-likeness (QED) is 0.781. The Bertz CT molecular complexity index is 469. The molecule has 2 aromatic heterocycles. The van der Waals surface area contributed by atoms with Crippen molar-refractivity contribution < 1.29 is 0 Å². The van der Waals surface area contributed by atoms with Gasteiger partial charge in [-0.25, -0.2) is 4.68 Å². The number of aromatic nitrogens is 4. The third kappa shape index (κ3) is 1.37. The predicted molar refractivity (Wildman–Crippen MR) is 57.5 cm³/mol. The highest BCUT2D eigenvalue weighted by Crippen LogP contribution is 2.17. The van der Waals surface area contributed by atoms with Gasteiger partial charge in [-0.1, -0.05) is 0 Å². The van der Waals surface area contributed by atoms with Crippen molar-refractivity contribution in [2.24, 2.45) is 7.05 Å². The fourth-order valence-electron chi connectivity index (χ4n) is 1.49. The molecule has 2 heterocycles. The van der Waals surface area contributed by atoms with E-state index in [1.54, 1.807) is 6.20 Å². The van der Waals surface area contributed by atoms with Gasteiger partial charge in [0.2, 0.25) is 0 Å². The van der Waals surface area contributed by atoms with Gasteiger partial charge < -0.3 is 0 Å². The van der Waals surface area contributed by atoms with Gasteiger partial charge in [0.1, 0.15) is 0 Å². The molecule has 0 unspecified atom stereocenters. The summed E-state index contributed by atoms with van der Waals surface area (Å²) in [5, 5.41) is 8.57. The average Bonchev–Trinajstić information content (AvgIpc) is 2.60. The number of aryl methyl sites for hydroxylation is 2. The SMILES string of the molecule is Cc1nn(C)c(-n2cc(Br)cn2)c1C. The van der Waals surface area contributed by atoms with Crippen molar-refractivity contribution in [3.63, 3.8) is 0 Å². The molecule has 0 radical (unpaired) electrons. The third-order valence-electron chi connectivity index (χ3n) is 2.25. The monoisotopic (exact) mass is 254 g/mol. The molecule has 0 atom stereocenters. The van der Waals surface area contributed by atoms with Gasteiger partial charge in [0.05, 0.1) is 16.4 Å². The van der Waals surface area contributed by atoms with Crippen molar-refractivity contribution in [1.29, 1.82) is 0 Å². The number of hydrogen-bond donors (Lipinski definition) is 0. The molecule has 0 aliphatic rings. The topological polar surface area (TPSA) is 35.6 Å². The number of hydrogen-bond acceptors (Lipinski definition) is 2. The minimum atomic E-state index is 0.968. The normalized spacial score (nSPS) is 10.9. The minimum Gasteiger partial charge on any atom is -0.250 e. The Kier molecular flexibility index (Phi) is 2.19. The van der Waals surface area contributed by atoms with E-state index in [0.29, 0.717) is 0 Å². The van der Waals surface area contributed by atoms with E-state index >= 15 is 0 Å². The van der Waals surface area contributed by atoms with E-state index in [1.807, 2.05) is 36.5 Å². The van der Waals surface area contributed by atoms with Crippen LogP contribution in [0.25, 0.3) is 5.82 Å². The maximum atomic E-state index is 4.34. The lowest BCUT2D eigenvalue weighted by Gasteiger charge is -2.02. The predicted octanol–water partition coefficient (Wildman–Crippen LogP) is 1.99. The summed E-state index contributed by atoms with van der Waals surface area (Å²) < 4.78 is 4.62. The molecule has 2 rings (SSSR count). The third-order valence-corrected chi connectivity index (χ3v) is 2.66. The van der Waals surface area contributed by atoms with Crippen LogP contribution in [0.2, 0.25) is 0 Å². The molecule has 0 spiro atoms. The number of rotatable bonds is 1. The van der Waals surface area contributed by atoms with Crippen LogP contribution in [-0.4, -0.2) is 19.6 Å². The molecule has 0 aromatic carbocycles. The molecule has 14 heavy (non-hydrogen) atoms. The Morgan fingerprint density at radius 1 is 1.36 bits per heavy atom. The van der Waals surface area contributed by atoms with Crippen LogP contribution in [0, 0.1) is 13.8 Å². The Hall–Kier alpha value is -1.10. The van der Waals surface area contributed by atoms with Gasteiger partial charge in [-0.15, -0.1) is 0 Å².